The molecule has 3 rings (SSSR count). The van der Waals surface area contributed by atoms with Crippen molar-refractivity contribution in [2.45, 2.75) is 38.8 Å². The van der Waals surface area contributed by atoms with Crippen molar-refractivity contribution in [2.75, 3.05) is 30.8 Å². The van der Waals surface area contributed by atoms with Crippen LogP contribution >= 0.6 is 0 Å². The number of nitrogens with zero attached hydrogens (tertiary/aromatic N) is 1. The van der Waals surface area contributed by atoms with Gasteiger partial charge in [-0.2, -0.15) is 0 Å². The zero-order chi connectivity index (χ0) is 25.8. The number of carbonyl (C=O) groups is 2. The number of hydrogen-bond donors (Lipinski definition) is 3. The molecule has 10 heteroatoms. The first-order valence-corrected chi connectivity index (χ1v) is 13.3. The van der Waals surface area contributed by atoms with Crippen LogP contribution in [0.5, 0.6) is 5.75 Å². The highest BCUT2D eigenvalue weighted by molar-refractivity contribution is 7.92. The summed E-state index contributed by atoms with van der Waals surface area (Å²) < 4.78 is 31.3. The highest BCUT2D eigenvalue weighted by atomic mass is 32.2. The maximum absolute atomic E-state index is 13.2. The van der Waals surface area contributed by atoms with E-state index in [0.29, 0.717) is 18.6 Å². The van der Waals surface area contributed by atoms with Gasteiger partial charge in [-0.05, 0) is 54.7 Å². The van der Waals surface area contributed by atoms with E-state index in [9.17, 15) is 23.1 Å². The van der Waals surface area contributed by atoms with Crippen molar-refractivity contribution < 1.29 is 27.9 Å². The molecule has 9 nitrogen and oxygen atoms in total. The third-order valence-corrected chi connectivity index (χ3v) is 6.99. The van der Waals surface area contributed by atoms with Gasteiger partial charge in [-0.1, -0.05) is 26.0 Å². The Labute approximate surface area is 206 Å². The highest BCUT2D eigenvalue weighted by Crippen LogP contribution is 2.22. The molecule has 2 amide bonds. The van der Waals surface area contributed by atoms with Crippen molar-refractivity contribution in [1.82, 2.24) is 10.6 Å². The minimum absolute atomic E-state index is 0.113. The summed E-state index contributed by atoms with van der Waals surface area (Å²) in [6, 6.07) is 10.8. The summed E-state index contributed by atoms with van der Waals surface area (Å²) in [5, 5.41) is 15.6. The summed E-state index contributed by atoms with van der Waals surface area (Å²) in [6.45, 7) is 4.02. The van der Waals surface area contributed by atoms with Gasteiger partial charge >= 0.3 is 0 Å². The molecule has 0 aliphatic carbocycles. The zero-order valence-electron chi connectivity index (χ0n) is 20.4. The van der Waals surface area contributed by atoms with E-state index in [1.165, 1.54) is 25.2 Å². The fraction of sp³-hybridized carbons (Fsp3) is 0.440. The smallest absolute Gasteiger partial charge is 0.251 e. The number of hydrogen-bond acceptors (Lipinski definition) is 6. The van der Waals surface area contributed by atoms with Gasteiger partial charge in [-0.25, -0.2) is 8.42 Å². The van der Waals surface area contributed by atoms with E-state index in [-0.39, 0.29) is 42.0 Å². The SMILES string of the molecule is CC(C)C[C@H]1COc2cccc(c2)CC(CO)NC(=O)c2cc(cc(N(C)S(C)(=O)=O)c2)C(=O)N1. The average Bonchev–Trinajstić information content (AvgIpc) is 2.80. The molecule has 2 aromatic carbocycles. The molecule has 0 radical (unpaired) electrons. The molecule has 0 saturated carbocycles. The van der Waals surface area contributed by atoms with Gasteiger partial charge in [-0.3, -0.25) is 13.9 Å². The van der Waals surface area contributed by atoms with E-state index in [2.05, 4.69) is 10.6 Å². The van der Waals surface area contributed by atoms with Gasteiger partial charge in [0.2, 0.25) is 10.0 Å². The molecule has 1 unspecified atom stereocenters. The Morgan fingerprint density at radius 1 is 1.06 bits per heavy atom. The maximum Gasteiger partial charge on any atom is 0.251 e. The van der Waals surface area contributed by atoms with Crippen LogP contribution in [0.3, 0.4) is 0 Å². The van der Waals surface area contributed by atoms with Crippen LogP contribution in [0.25, 0.3) is 0 Å². The summed E-state index contributed by atoms with van der Waals surface area (Å²) >= 11 is 0. The van der Waals surface area contributed by atoms with E-state index in [4.69, 9.17) is 4.74 Å². The number of ether oxygens (including phenoxy) is 1. The van der Waals surface area contributed by atoms with Crippen LogP contribution in [0, 0.1) is 5.92 Å². The molecule has 1 aliphatic rings. The number of benzene rings is 2. The van der Waals surface area contributed by atoms with Gasteiger partial charge in [0.1, 0.15) is 12.4 Å². The van der Waals surface area contributed by atoms with Gasteiger partial charge in [0.05, 0.1) is 30.6 Å². The van der Waals surface area contributed by atoms with Crippen LogP contribution in [0.1, 0.15) is 46.5 Å². The summed E-state index contributed by atoms with van der Waals surface area (Å²) in [7, 11) is -2.28. The first kappa shape index (κ1) is 26.5. The van der Waals surface area contributed by atoms with Crippen LogP contribution in [-0.4, -0.2) is 63.9 Å². The van der Waals surface area contributed by atoms with Crippen LogP contribution in [0.4, 0.5) is 5.69 Å². The molecule has 0 spiro atoms. The van der Waals surface area contributed by atoms with Crippen molar-refractivity contribution >= 4 is 27.5 Å². The number of amides is 2. The topological polar surface area (TPSA) is 125 Å². The summed E-state index contributed by atoms with van der Waals surface area (Å²) in [5.41, 5.74) is 1.31. The summed E-state index contributed by atoms with van der Waals surface area (Å²) in [4.78, 5) is 26.3. The van der Waals surface area contributed by atoms with Crippen LogP contribution in [0.2, 0.25) is 0 Å². The number of aliphatic hydroxyl groups is 1. The Balaban J connectivity index is 2.08. The fourth-order valence-corrected chi connectivity index (χ4v) is 4.41. The lowest BCUT2D eigenvalue weighted by atomic mass is 10.0. The number of anilines is 1. The third-order valence-electron chi connectivity index (χ3n) is 5.78. The monoisotopic (exact) mass is 503 g/mol. The number of aliphatic hydroxyl groups excluding tert-OH is 1. The molecular formula is C25H33N3O6S. The molecule has 2 atom stereocenters. The minimum Gasteiger partial charge on any atom is -0.491 e. The molecule has 35 heavy (non-hydrogen) atoms. The highest BCUT2D eigenvalue weighted by Gasteiger charge is 2.23. The van der Waals surface area contributed by atoms with Gasteiger partial charge in [-0.15, -0.1) is 0 Å². The quantitative estimate of drug-likeness (QED) is 0.573. The van der Waals surface area contributed by atoms with Crippen LogP contribution in [-0.2, 0) is 16.4 Å². The second kappa shape index (κ2) is 11.1. The van der Waals surface area contributed by atoms with Crippen molar-refractivity contribution in [1.29, 1.82) is 0 Å². The van der Waals surface area contributed by atoms with Crippen molar-refractivity contribution in [3.05, 3.63) is 59.2 Å². The zero-order valence-corrected chi connectivity index (χ0v) is 21.3. The first-order valence-electron chi connectivity index (χ1n) is 11.5. The van der Waals surface area contributed by atoms with E-state index in [1.54, 1.807) is 0 Å². The molecule has 0 fully saturated rings. The van der Waals surface area contributed by atoms with Gasteiger partial charge in [0.15, 0.2) is 0 Å². The van der Waals surface area contributed by atoms with E-state index >= 15 is 0 Å². The lowest BCUT2D eigenvalue weighted by Crippen LogP contribution is -2.40. The van der Waals surface area contributed by atoms with Gasteiger partial charge in [0, 0.05) is 18.2 Å². The molecule has 190 valence electrons. The standard InChI is InChI=1S/C25H33N3O6S/c1-16(2)8-21-15-34-23-7-5-6-17(10-23)9-20(14-29)26-24(30)18-11-19(25(31)27-21)13-22(12-18)28(3)35(4,32)33/h5-7,10-13,16,20-21,29H,8-9,14-15H2,1-4H3,(H,26,30)(H,27,31)/t20?,21-/m0/s1. The molecule has 1 aliphatic heterocycles. The number of fused-ring (bicyclic) bond motifs is 4. The fourth-order valence-electron chi connectivity index (χ4n) is 3.93. The summed E-state index contributed by atoms with van der Waals surface area (Å²) in [6.07, 6.45) is 2.07. The Kier molecular flexibility index (Phi) is 8.39. The number of carbonyl (C=O) groups excluding carboxylic acids is 2. The number of nitrogens with one attached hydrogen (secondary N) is 2. The first-order chi connectivity index (χ1) is 16.5. The normalized spacial score (nSPS) is 19.1. The predicted octanol–water partition coefficient (Wildman–Crippen LogP) is 1.95. The lowest BCUT2D eigenvalue weighted by Gasteiger charge is -2.22. The Bertz CT molecular complexity index is 1180. The van der Waals surface area contributed by atoms with E-state index in [0.717, 1.165) is 16.1 Å². The molecule has 0 saturated heterocycles. The summed E-state index contributed by atoms with van der Waals surface area (Å²) in [5.74, 6) is -0.0602. The minimum atomic E-state index is -3.64. The van der Waals surface area contributed by atoms with E-state index in [1.807, 2.05) is 38.1 Å². The van der Waals surface area contributed by atoms with Gasteiger partial charge in [0.25, 0.3) is 11.8 Å². The van der Waals surface area contributed by atoms with Crippen molar-refractivity contribution in [3.8, 4) is 5.75 Å². The average molecular weight is 504 g/mol. The van der Waals surface area contributed by atoms with Crippen LogP contribution < -0.4 is 19.7 Å². The lowest BCUT2D eigenvalue weighted by molar-refractivity contribution is 0.0914. The predicted molar refractivity (Wildman–Crippen MR) is 134 cm³/mol. The Hall–Kier alpha value is -3.11. The van der Waals surface area contributed by atoms with Crippen molar-refractivity contribution in [2.24, 2.45) is 5.92 Å². The Morgan fingerprint density at radius 3 is 2.26 bits per heavy atom. The second-order valence-corrected chi connectivity index (χ2v) is 11.3. The molecular weight excluding hydrogens is 470 g/mol. The maximum atomic E-state index is 13.2. The largest absolute Gasteiger partial charge is 0.491 e. The van der Waals surface area contributed by atoms with Gasteiger partial charge < -0.3 is 20.5 Å². The number of rotatable bonds is 5. The second-order valence-electron chi connectivity index (χ2n) is 9.31. The molecule has 3 N–H and O–H groups in total. The third kappa shape index (κ3) is 7.19. The van der Waals surface area contributed by atoms with E-state index < -0.39 is 27.9 Å². The number of sulfonamides is 1. The molecule has 0 aromatic heterocycles. The van der Waals surface area contributed by atoms with Crippen molar-refractivity contribution in [3.63, 3.8) is 0 Å². The molecule has 2 aromatic rings. The van der Waals surface area contributed by atoms with Crippen LogP contribution in [0.15, 0.2) is 42.5 Å². The molecule has 1 heterocycles. The molecule has 4 bridgehead atoms. The Morgan fingerprint density at radius 2 is 1.69 bits per heavy atom.